The second-order valence-corrected chi connectivity index (χ2v) is 8.46. The molecule has 2 atom stereocenters. The monoisotopic (exact) mass is 370 g/mol. The molecule has 26 heavy (non-hydrogen) atoms. The Kier molecular flexibility index (Phi) is 9.94. The van der Waals surface area contributed by atoms with Crippen LogP contribution in [0.2, 0.25) is 0 Å². The van der Waals surface area contributed by atoms with E-state index in [9.17, 15) is 0 Å². The molecule has 0 N–H and O–H groups in total. The van der Waals surface area contributed by atoms with Crippen molar-refractivity contribution in [3.63, 3.8) is 0 Å². The summed E-state index contributed by atoms with van der Waals surface area (Å²) in [7, 11) is 0. The Morgan fingerprint density at radius 1 is 1.04 bits per heavy atom. The van der Waals surface area contributed by atoms with E-state index in [4.69, 9.17) is 11.6 Å². The fourth-order valence-corrected chi connectivity index (χ4v) is 4.41. The maximum atomic E-state index is 5.82. The normalized spacial score (nSPS) is 19.2. The number of benzene rings is 1. The molecular formula is C25H35Cl. The number of aryl methyl sites for hydroxylation is 1. The first kappa shape index (κ1) is 21.1. The first-order valence-electron chi connectivity index (χ1n) is 10.5. The number of halogens is 1. The summed E-state index contributed by atoms with van der Waals surface area (Å²) in [4.78, 5) is 0. The number of unbranched alkanes of at least 4 members (excludes halogenated alkanes) is 4. The van der Waals surface area contributed by atoms with Crippen LogP contribution in [0.25, 0.3) is 0 Å². The van der Waals surface area contributed by atoms with Crippen LogP contribution in [0.3, 0.4) is 0 Å². The van der Waals surface area contributed by atoms with Crippen molar-refractivity contribution < 1.29 is 0 Å². The molecule has 0 radical (unpaired) electrons. The van der Waals surface area contributed by atoms with Gasteiger partial charge in [0.1, 0.15) is 0 Å². The average Bonchev–Trinajstić information content (AvgIpc) is 3.06. The minimum absolute atomic E-state index is 0.811. The van der Waals surface area contributed by atoms with Gasteiger partial charge in [0, 0.05) is 17.0 Å². The second-order valence-electron chi connectivity index (χ2n) is 7.93. The topological polar surface area (TPSA) is 0 Å². The van der Waals surface area contributed by atoms with Crippen molar-refractivity contribution >= 4 is 11.6 Å². The van der Waals surface area contributed by atoms with Gasteiger partial charge in [-0.1, -0.05) is 93.2 Å². The Hall–Kier alpha value is -1.19. The van der Waals surface area contributed by atoms with Crippen molar-refractivity contribution in [2.45, 2.75) is 84.0 Å². The van der Waals surface area contributed by atoms with Crippen LogP contribution in [-0.2, 0) is 0 Å². The first-order valence-corrected chi connectivity index (χ1v) is 10.9. The van der Waals surface area contributed by atoms with Gasteiger partial charge in [-0.3, -0.25) is 0 Å². The summed E-state index contributed by atoms with van der Waals surface area (Å²) >= 11 is 5.82. The minimum atomic E-state index is 0.811. The summed E-state index contributed by atoms with van der Waals surface area (Å²) < 4.78 is 0. The zero-order chi connectivity index (χ0) is 18.6. The molecule has 1 fully saturated rings. The Balaban J connectivity index is 1.60. The van der Waals surface area contributed by atoms with Gasteiger partial charge < -0.3 is 0 Å². The molecule has 1 aliphatic carbocycles. The lowest BCUT2D eigenvalue weighted by molar-refractivity contribution is 0.327. The van der Waals surface area contributed by atoms with Crippen molar-refractivity contribution in [3.8, 4) is 11.8 Å². The van der Waals surface area contributed by atoms with Crippen LogP contribution < -0.4 is 0 Å². The highest BCUT2D eigenvalue weighted by Gasteiger charge is 2.25. The lowest BCUT2D eigenvalue weighted by atomic mass is 9.87. The van der Waals surface area contributed by atoms with Crippen LogP contribution in [0.15, 0.2) is 35.9 Å². The molecule has 0 aliphatic heterocycles. The molecule has 1 aromatic rings. The van der Waals surface area contributed by atoms with Crippen LogP contribution in [0.1, 0.15) is 88.2 Å². The molecule has 0 amide bonds. The molecule has 0 heterocycles. The van der Waals surface area contributed by atoms with Gasteiger partial charge in [-0.15, -0.1) is 0 Å². The van der Waals surface area contributed by atoms with Gasteiger partial charge in [0.25, 0.3) is 0 Å². The minimum Gasteiger partial charge on any atom is -0.0979 e. The van der Waals surface area contributed by atoms with Gasteiger partial charge >= 0.3 is 0 Å². The summed E-state index contributed by atoms with van der Waals surface area (Å²) in [5.41, 5.74) is 2.47. The number of allylic oxidation sites excluding steroid dienone is 1. The fraction of sp³-hybridized carbons (Fsp3) is 0.600. The summed E-state index contributed by atoms with van der Waals surface area (Å²) in [6.45, 7) is 5.90. The molecular weight excluding hydrogens is 336 g/mol. The average molecular weight is 371 g/mol. The molecule has 0 bridgehead atoms. The van der Waals surface area contributed by atoms with Crippen LogP contribution in [0.5, 0.6) is 0 Å². The molecule has 1 saturated carbocycles. The van der Waals surface area contributed by atoms with Gasteiger partial charge in [-0.2, -0.15) is 0 Å². The summed E-state index contributed by atoms with van der Waals surface area (Å²) in [5, 5.41) is 0.811. The van der Waals surface area contributed by atoms with Crippen molar-refractivity contribution in [2.24, 2.45) is 11.8 Å². The smallest absolute Gasteiger partial charge is 0.0274 e. The molecule has 1 heteroatoms. The second kappa shape index (κ2) is 12.2. The fourth-order valence-electron chi connectivity index (χ4n) is 4.27. The Morgan fingerprint density at radius 2 is 1.73 bits per heavy atom. The molecule has 2 rings (SSSR count). The van der Waals surface area contributed by atoms with Gasteiger partial charge in [0.05, 0.1) is 0 Å². The quantitative estimate of drug-likeness (QED) is 0.289. The highest BCUT2D eigenvalue weighted by molar-refractivity contribution is 6.29. The number of rotatable bonds is 10. The van der Waals surface area contributed by atoms with E-state index in [2.05, 4.69) is 49.6 Å². The Labute approximate surface area is 166 Å². The summed E-state index contributed by atoms with van der Waals surface area (Å²) in [6.07, 6.45) is 15.7. The van der Waals surface area contributed by atoms with E-state index >= 15 is 0 Å². The predicted octanol–water partition coefficient (Wildman–Crippen LogP) is 8.03. The van der Waals surface area contributed by atoms with Crippen LogP contribution >= 0.6 is 11.6 Å². The standard InChI is InChI=1S/C25H35Cl/c1-21-13-10-11-16-23(21)15-8-5-9-18-25-20-12-19-24(25)17-7-4-3-6-14-22(2)26/h10-11,13,16,24-25H,2-7,9,12,14,17-20H2,1H3. The lowest BCUT2D eigenvalue weighted by Gasteiger charge is -2.19. The number of hydrogen-bond acceptors (Lipinski definition) is 0. The zero-order valence-corrected chi connectivity index (χ0v) is 17.3. The van der Waals surface area contributed by atoms with E-state index in [1.807, 2.05) is 0 Å². The van der Waals surface area contributed by atoms with E-state index in [1.165, 1.54) is 75.3 Å². The van der Waals surface area contributed by atoms with Crippen molar-refractivity contribution in [1.82, 2.24) is 0 Å². The lowest BCUT2D eigenvalue weighted by Crippen LogP contribution is -2.07. The molecule has 1 aliphatic rings. The highest BCUT2D eigenvalue weighted by atomic mass is 35.5. The van der Waals surface area contributed by atoms with Gasteiger partial charge in [0.15, 0.2) is 0 Å². The molecule has 0 nitrogen and oxygen atoms in total. The van der Waals surface area contributed by atoms with Crippen LogP contribution in [-0.4, -0.2) is 0 Å². The zero-order valence-electron chi connectivity index (χ0n) is 16.5. The Morgan fingerprint density at radius 3 is 2.46 bits per heavy atom. The van der Waals surface area contributed by atoms with Crippen molar-refractivity contribution in [2.75, 3.05) is 0 Å². The van der Waals surface area contributed by atoms with E-state index in [1.54, 1.807) is 0 Å². The maximum Gasteiger partial charge on any atom is 0.0274 e. The third-order valence-electron chi connectivity index (χ3n) is 5.83. The van der Waals surface area contributed by atoms with E-state index in [-0.39, 0.29) is 0 Å². The van der Waals surface area contributed by atoms with Gasteiger partial charge in [-0.05, 0) is 56.1 Å². The van der Waals surface area contributed by atoms with E-state index in [0.29, 0.717) is 0 Å². The molecule has 0 spiro atoms. The predicted molar refractivity (Wildman–Crippen MR) is 115 cm³/mol. The molecule has 142 valence electrons. The molecule has 0 saturated heterocycles. The Bertz CT molecular complexity index is 604. The van der Waals surface area contributed by atoms with Crippen molar-refractivity contribution in [1.29, 1.82) is 0 Å². The SMILES string of the molecule is C=C(Cl)CCCCCCC1CCCC1CCCC#Cc1ccccc1C. The highest BCUT2D eigenvalue weighted by Crippen LogP contribution is 2.38. The van der Waals surface area contributed by atoms with Crippen LogP contribution in [0.4, 0.5) is 0 Å². The summed E-state index contributed by atoms with van der Waals surface area (Å²) in [5.74, 6) is 8.67. The molecule has 0 aromatic heterocycles. The summed E-state index contributed by atoms with van der Waals surface area (Å²) in [6, 6.07) is 8.42. The van der Waals surface area contributed by atoms with Gasteiger partial charge in [0.2, 0.25) is 0 Å². The third kappa shape index (κ3) is 8.01. The third-order valence-corrected chi connectivity index (χ3v) is 6.02. The first-order chi connectivity index (χ1) is 12.7. The maximum absolute atomic E-state index is 5.82. The molecule has 1 aromatic carbocycles. The van der Waals surface area contributed by atoms with Gasteiger partial charge in [-0.25, -0.2) is 0 Å². The molecule has 2 unspecified atom stereocenters. The largest absolute Gasteiger partial charge is 0.0979 e. The number of hydrogen-bond donors (Lipinski definition) is 0. The van der Waals surface area contributed by atoms with E-state index in [0.717, 1.165) is 29.7 Å². The van der Waals surface area contributed by atoms with Crippen molar-refractivity contribution in [3.05, 3.63) is 47.0 Å². The van der Waals surface area contributed by atoms with E-state index < -0.39 is 0 Å². The van der Waals surface area contributed by atoms with Crippen LogP contribution in [0, 0.1) is 30.6 Å².